The summed E-state index contributed by atoms with van der Waals surface area (Å²) in [5.41, 5.74) is 0. The van der Waals surface area contributed by atoms with Gasteiger partial charge in [-0.15, -0.1) is 0 Å². The molecule has 1 N–H and O–H groups in total. The average molecular weight is 309 g/mol. The van der Waals surface area contributed by atoms with Crippen molar-refractivity contribution >= 4 is 29.9 Å². The fourth-order valence-electron chi connectivity index (χ4n) is 0.929. The number of aliphatic hydroxyl groups excluding tert-OH is 1. The van der Waals surface area contributed by atoms with Gasteiger partial charge in [0.2, 0.25) is 0 Å². The minimum atomic E-state index is -0.920. The molecule has 0 aromatic carbocycles. The molecule has 0 aromatic rings. The van der Waals surface area contributed by atoms with E-state index in [0.717, 1.165) is 25.7 Å². The van der Waals surface area contributed by atoms with Gasteiger partial charge in [-0.2, -0.15) is 0 Å². The number of hydrogen-bond acceptors (Lipinski definition) is 3. The van der Waals surface area contributed by atoms with E-state index in [1.807, 2.05) is 13.8 Å². The SMILES string of the molecule is CCCCOC(=O)C(O)CCCC.[SnH2]. The topological polar surface area (TPSA) is 46.5 Å². The van der Waals surface area contributed by atoms with Gasteiger partial charge in [0.15, 0.2) is 6.10 Å². The molecule has 2 radical (unpaired) electrons. The molecular formula is C10H22O3Sn. The molecule has 0 aliphatic heterocycles. The molecule has 0 saturated carbocycles. The summed E-state index contributed by atoms with van der Waals surface area (Å²) >= 11 is 0. The quantitative estimate of drug-likeness (QED) is 0.433. The summed E-state index contributed by atoms with van der Waals surface area (Å²) in [7, 11) is 0. The van der Waals surface area contributed by atoms with Crippen LogP contribution in [0.5, 0.6) is 0 Å². The van der Waals surface area contributed by atoms with Crippen molar-refractivity contribution in [3.05, 3.63) is 0 Å². The van der Waals surface area contributed by atoms with Crippen molar-refractivity contribution in [3.8, 4) is 0 Å². The molecule has 0 aliphatic rings. The van der Waals surface area contributed by atoms with Crippen molar-refractivity contribution < 1.29 is 14.6 Å². The van der Waals surface area contributed by atoms with Crippen LogP contribution in [0.2, 0.25) is 0 Å². The standard InChI is InChI=1S/C10H20O3.Sn.2H/c1-3-5-7-9(11)10(12)13-8-6-4-2;;;/h9,11H,3-8H2,1-2H3;;;. The first-order valence-corrected chi connectivity index (χ1v) is 5.07. The number of aliphatic hydroxyl groups is 1. The first-order chi connectivity index (χ1) is 6.22. The number of esters is 1. The third-order valence-electron chi connectivity index (χ3n) is 1.85. The maximum absolute atomic E-state index is 11.1. The third kappa shape index (κ3) is 8.81. The van der Waals surface area contributed by atoms with E-state index >= 15 is 0 Å². The summed E-state index contributed by atoms with van der Waals surface area (Å²) in [5.74, 6) is -0.470. The first kappa shape index (κ1) is 16.7. The molecule has 0 spiro atoms. The summed E-state index contributed by atoms with van der Waals surface area (Å²) in [6, 6.07) is 0. The molecule has 0 fully saturated rings. The van der Waals surface area contributed by atoms with Crippen LogP contribution in [-0.2, 0) is 9.53 Å². The maximum atomic E-state index is 11.1. The molecule has 0 saturated heterocycles. The molecule has 0 amide bonds. The van der Waals surface area contributed by atoms with Gasteiger partial charge in [-0.25, -0.2) is 4.79 Å². The van der Waals surface area contributed by atoms with Gasteiger partial charge in [0.05, 0.1) is 6.61 Å². The van der Waals surface area contributed by atoms with Crippen molar-refractivity contribution in [3.63, 3.8) is 0 Å². The van der Waals surface area contributed by atoms with E-state index < -0.39 is 12.1 Å². The fourth-order valence-corrected chi connectivity index (χ4v) is 0.929. The van der Waals surface area contributed by atoms with Crippen LogP contribution in [0.4, 0.5) is 0 Å². The van der Waals surface area contributed by atoms with Crippen molar-refractivity contribution in [1.82, 2.24) is 0 Å². The zero-order valence-electron chi connectivity index (χ0n) is 9.29. The molecule has 0 aromatic heterocycles. The van der Waals surface area contributed by atoms with Crippen LogP contribution in [0.15, 0.2) is 0 Å². The number of unbranched alkanes of at least 4 members (excludes halogenated alkanes) is 2. The number of rotatable bonds is 7. The van der Waals surface area contributed by atoms with Gasteiger partial charge in [0, 0.05) is 0 Å². The predicted octanol–water partition coefficient (Wildman–Crippen LogP) is 0.965. The molecule has 1 unspecified atom stereocenters. The summed E-state index contributed by atoms with van der Waals surface area (Å²) in [4.78, 5) is 11.1. The number of hydrogen-bond donors (Lipinski definition) is 1. The number of carbonyl (C=O) groups is 1. The Bertz CT molecular complexity index is 139. The Morgan fingerprint density at radius 1 is 1.29 bits per heavy atom. The predicted molar refractivity (Wildman–Crippen MR) is 59.9 cm³/mol. The Kier molecular flexibility index (Phi) is 13.4. The van der Waals surface area contributed by atoms with E-state index in [9.17, 15) is 9.90 Å². The normalized spacial score (nSPS) is 11.6. The molecule has 1 atom stereocenters. The van der Waals surface area contributed by atoms with E-state index in [1.165, 1.54) is 0 Å². The summed E-state index contributed by atoms with van der Waals surface area (Å²) in [6.45, 7) is 4.48. The van der Waals surface area contributed by atoms with Gasteiger partial charge in [-0.05, 0) is 12.8 Å². The van der Waals surface area contributed by atoms with Gasteiger partial charge in [0.25, 0.3) is 0 Å². The summed E-state index contributed by atoms with van der Waals surface area (Å²) in [6.07, 6.45) is 3.31. The second-order valence-electron chi connectivity index (χ2n) is 3.18. The van der Waals surface area contributed by atoms with Gasteiger partial charge in [-0.1, -0.05) is 33.1 Å². The van der Waals surface area contributed by atoms with Gasteiger partial charge >= 0.3 is 29.9 Å². The van der Waals surface area contributed by atoms with Crippen LogP contribution in [0.3, 0.4) is 0 Å². The Morgan fingerprint density at radius 3 is 2.36 bits per heavy atom. The number of ether oxygens (including phenoxy) is 1. The van der Waals surface area contributed by atoms with Gasteiger partial charge < -0.3 is 9.84 Å². The van der Waals surface area contributed by atoms with Gasteiger partial charge in [-0.3, -0.25) is 0 Å². The molecule has 3 nitrogen and oxygen atoms in total. The molecule has 0 heterocycles. The van der Waals surface area contributed by atoms with Crippen molar-refractivity contribution in [1.29, 1.82) is 0 Å². The molecule has 0 bridgehead atoms. The molecule has 14 heavy (non-hydrogen) atoms. The van der Waals surface area contributed by atoms with Crippen LogP contribution in [0, 0.1) is 0 Å². The summed E-state index contributed by atoms with van der Waals surface area (Å²) in [5, 5.41) is 9.27. The summed E-state index contributed by atoms with van der Waals surface area (Å²) < 4.78 is 4.85. The van der Waals surface area contributed by atoms with Crippen molar-refractivity contribution in [2.75, 3.05) is 6.61 Å². The van der Waals surface area contributed by atoms with E-state index in [0.29, 0.717) is 13.0 Å². The monoisotopic (exact) mass is 310 g/mol. The van der Waals surface area contributed by atoms with Crippen LogP contribution in [0.1, 0.15) is 46.0 Å². The second-order valence-corrected chi connectivity index (χ2v) is 3.18. The molecule has 0 rings (SSSR count). The van der Waals surface area contributed by atoms with Crippen molar-refractivity contribution in [2.45, 2.75) is 52.1 Å². The zero-order chi connectivity index (χ0) is 10.1. The van der Waals surface area contributed by atoms with E-state index in [4.69, 9.17) is 4.74 Å². The molecular weight excluding hydrogens is 287 g/mol. The van der Waals surface area contributed by atoms with E-state index in [-0.39, 0.29) is 23.9 Å². The first-order valence-electron chi connectivity index (χ1n) is 5.07. The van der Waals surface area contributed by atoms with Crippen LogP contribution in [-0.4, -0.2) is 47.7 Å². The Balaban J connectivity index is 0. The Hall–Kier alpha value is 0.229. The average Bonchev–Trinajstić information content (AvgIpc) is 2.14. The third-order valence-corrected chi connectivity index (χ3v) is 1.85. The molecule has 4 heteroatoms. The zero-order valence-corrected chi connectivity index (χ0v) is 13.3. The van der Waals surface area contributed by atoms with E-state index in [1.54, 1.807) is 0 Å². The van der Waals surface area contributed by atoms with E-state index in [2.05, 4.69) is 0 Å². The van der Waals surface area contributed by atoms with Gasteiger partial charge in [0.1, 0.15) is 0 Å². The minimum absolute atomic E-state index is 0. The Morgan fingerprint density at radius 2 is 1.86 bits per heavy atom. The fraction of sp³-hybridized carbons (Fsp3) is 0.900. The van der Waals surface area contributed by atoms with Crippen LogP contribution >= 0.6 is 0 Å². The van der Waals surface area contributed by atoms with Crippen LogP contribution < -0.4 is 0 Å². The van der Waals surface area contributed by atoms with Crippen molar-refractivity contribution in [2.24, 2.45) is 0 Å². The van der Waals surface area contributed by atoms with Crippen LogP contribution in [0.25, 0.3) is 0 Å². The second kappa shape index (κ2) is 11.3. The molecule has 0 aliphatic carbocycles. The molecule has 84 valence electrons. The number of carbonyl (C=O) groups excluding carboxylic acids is 1. The Labute approximate surface area is 103 Å².